The maximum atomic E-state index is 12.4. The van der Waals surface area contributed by atoms with E-state index < -0.39 is 18.2 Å². The van der Waals surface area contributed by atoms with Crippen LogP contribution < -0.4 is 5.32 Å². The van der Waals surface area contributed by atoms with Crippen molar-refractivity contribution in [2.24, 2.45) is 0 Å². The summed E-state index contributed by atoms with van der Waals surface area (Å²) in [6, 6.07) is -0.738. The topological polar surface area (TPSA) is 89.8 Å². The van der Waals surface area contributed by atoms with Gasteiger partial charge in [0.2, 0.25) is 5.91 Å². The number of aliphatic hydroxyl groups excluding tert-OH is 3. The van der Waals surface area contributed by atoms with E-state index in [0.29, 0.717) is 6.42 Å². The second-order valence-electron chi connectivity index (χ2n) is 14.6. The maximum absolute atomic E-state index is 12.4. The minimum Gasteiger partial charge on any atom is -0.394 e. The Labute approximate surface area is 293 Å². The standard InChI is InChI=1S/C42H83NO4/c1-3-5-7-9-11-13-15-17-18-19-20-21-22-24-25-27-29-31-33-35-39(45)37-42(47)43-40(38-44)41(46)36-34-32-30-28-26-23-16-14-12-10-8-6-4-2/h34,36,39-41,44-46H,3-33,35,37-38H2,1-2H3,(H,43,47)/b36-34+/t39-,40+,41-/m1/s1. The molecule has 3 atom stereocenters. The lowest BCUT2D eigenvalue weighted by Gasteiger charge is -2.21. The Morgan fingerprint density at radius 2 is 0.872 bits per heavy atom. The van der Waals surface area contributed by atoms with E-state index in [1.54, 1.807) is 6.08 Å². The zero-order valence-electron chi connectivity index (χ0n) is 31.7. The molecule has 0 aliphatic rings. The number of hydrogen-bond acceptors (Lipinski definition) is 4. The highest BCUT2D eigenvalue weighted by Gasteiger charge is 2.20. The predicted molar refractivity (Wildman–Crippen MR) is 204 cm³/mol. The Bertz CT molecular complexity index is 655. The predicted octanol–water partition coefficient (Wildman–Crippen LogP) is 11.7. The fourth-order valence-electron chi connectivity index (χ4n) is 6.58. The van der Waals surface area contributed by atoms with E-state index in [1.807, 2.05) is 6.08 Å². The number of nitrogens with one attached hydrogen (secondary N) is 1. The fraction of sp³-hybridized carbons (Fsp3) is 0.929. The van der Waals surface area contributed by atoms with Gasteiger partial charge in [-0.3, -0.25) is 4.79 Å². The van der Waals surface area contributed by atoms with Gasteiger partial charge in [-0.2, -0.15) is 0 Å². The van der Waals surface area contributed by atoms with Crippen molar-refractivity contribution in [2.45, 2.75) is 244 Å². The summed E-state index contributed by atoms with van der Waals surface area (Å²) in [4.78, 5) is 12.4. The zero-order chi connectivity index (χ0) is 34.5. The molecular weight excluding hydrogens is 582 g/mol. The SMILES string of the molecule is CCCCCCCCCCCCC/C=C/[C@@H](O)[C@H](CO)NC(=O)C[C@H](O)CCCCCCCCCCCCCCCCCCCCC. The summed E-state index contributed by atoms with van der Waals surface area (Å²) in [6.07, 6.45) is 43.5. The summed E-state index contributed by atoms with van der Waals surface area (Å²) in [6.45, 7) is 4.21. The maximum Gasteiger partial charge on any atom is 0.222 e. The molecule has 0 spiro atoms. The minimum absolute atomic E-state index is 0.0186. The van der Waals surface area contributed by atoms with Crippen LogP contribution in [0.3, 0.4) is 0 Å². The van der Waals surface area contributed by atoms with Crippen LogP contribution in [-0.2, 0) is 4.79 Å². The Kier molecular flexibility index (Phi) is 37.2. The van der Waals surface area contributed by atoms with E-state index in [2.05, 4.69) is 19.2 Å². The van der Waals surface area contributed by atoms with E-state index in [9.17, 15) is 20.1 Å². The van der Waals surface area contributed by atoms with Crippen molar-refractivity contribution in [3.63, 3.8) is 0 Å². The summed E-state index contributed by atoms with van der Waals surface area (Å²) in [5.41, 5.74) is 0. The van der Waals surface area contributed by atoms with Crippen LogP contribution >= 0.6 is 0 Å². The lowest BCUT2D eigenvalue weighted by atomic mass is 10.0. The molecule has 0 aromatic heterocycles. The van der Waals surface area contributed by atoms with Crippen molar-refractivity contribution in [3.05, 3.63) is 12.2 Å². The van der Waals surface area contributed by atoms with Gasteiger partial charge in [0, 0.05) is 0 Å². The number of carbonyl (C=O) groups is 1. The van der Waals surface area contributed by atoms with Crippen LogP contribution in [0.15, 0.2) is 12.2 Å². The van der Waals surface area contributed by atoms with Gasteiger partial charge in [0.05, 0.1) is 31.3 Å². The number of rotatable bonds is 38. The van der Waals surface area contributed by atoms with Crippen molar-refractivity contribution in [1.82, 2.24) is 5.32 Å². The molecule has 0 unspecified atom stereocenters. The summed E-state index contributed by atoms with van der Waals surface area (Å²) in [5, 5.41) is 33.1. The van der Waals surface area contributed by atoms with Crippen molar-refractivity contribution in [3.8, 4) is 0 Å². The summed E-state index contributed by atoms with van der Waals surface area (Å²) in [5.74, 6) is -0.313. The number of unbranched alkanes of at least 4 members (excludes halogenated alkanes) is 29. The lowest BCUT2D eigenvalue weighted by molar-refractivity contribution is -0.124. The average Bonchev–Trinajstić information content (AvgIpc) is 3.06. The molecule has 280 valence electrons. The van der Waals surface area contributed by atoms with Gasteiger partial charge in [0.1, 0.15) is 0 Å². The number of aliphatic hydroxyl groups is 3. The third-order valence-electron chi connectivity index (χ3n) is 9.82. The Balaban J connectivity index is 3.63. The summed E-state index contributed by atoms with van der Waals surface area (Å²) >= 11 is 0. The monoisotopic (exact) mass is 666 g/mol. The van der Waals surface area contributed by atoms with Gasteiger partial charge >= 0.3 is 0 Å². The zero-order valence-corrected chi connectivity index (χ0v) is 31.7. The molecule has 0 saturated carbocycles. The Morgan fingerprint density at radius 1 is 0.532 bits per heavy atom. The number of hydrogen-bond donors (Lipinski definition) is 4. The first-order chi connectivity index (χ1) is 23.0. The fourth-order valence-corrected chi connectivity index (χ4v) is 6.58. The van der Waals surface area contributed by atoms with E-state index in [1.165, 1.54) is 173 Å². The van der Waals surface area contributed by atoms with Gasteiger partial charge in [-0.15, -0.1) is 0 Å². The van der Waals surface area contributed by atoms with Gasteiger partial charge in [-0.1, -0.05) is 212 Å². The van der Waals surface area contributed by atoms with Crippen LogP contribution in [0.25, 0.3) is 0 Å². The molecule has 0 rings (SSSR count). The van der Waals surface area contributed by atoms with Crippen LogP contribution in [0.2, 0.25) is 0 Å². The molecule has 0 aromatic carbocycles. The number of carbonyl (C=O) groups excluding carboxylic acids is 1. The van der Waals surface area contributed by atoms with Crippen LogP contribution in [-0.4, -0.2) is 46.1 Å². The van der Waals surface area contributed by atoms with Gasteiger partial charge in [-0.05, 0) is 19.3 Å². The van der Waals surface area contributed by atoms with Crippen molar-refractivity contribution in [2.75, 3.05) is 6.61 Å². The molecule has 0 bridgehead atoms. The third-order valence-corrected chi connectivity index (χ3v) is 9.82. The largest absolute Gasteiger partial charge is 0.394 e. The van der Waals surface area contributed by atoms with Gasteiger partial charge in [-0.25, -0.2) is 0 Å². The molecule has 0 aliphatic heterocycles. The van der Waals surface area contributed by atoms with Gasteiger partial charge in [0.15, 0.2) is 0 Å². The first-order valence-electron chi connectivity index (χ1n) is 21.0. The van der Waals surface area contributed by atoms with Crippen molar-refractivity contribution in [1.29, 1.82) is 0 Å². The second kappa shape index (κ2) is 37.9. The molecule has 0 radical (unpaired) electrons. The molecule has 1 amide bonds. The first kappa shape index (κ1) is 46.1. The van der Waals surface area contributed by atoms with Crippen LogP contribution in [0, 0.1) is 0 Å². The normalized spacial score (nSPS) is 13.7. The molecule has 0 heterocycles. The highest BCUT2D eigenvalue weighted by molar-refractivity contribution is 5.76. The van der Waals surface area contributed by atoms with Gasteiger partial charge < -0.3 is 20.6 Å². The van der Waals surface area contributed by atoms with Gasteiger partial charge in [0.25, 0.3) is 0 Å². The molecule has 0 saturated heterocycles. The van der Waals surface area contributed by atoms with Crippen molar-refractivity contribution >= 4 is 5.91 Å². The molecule has 4 N–H and O–H groups in total. The Hall–Kier alpha value is -0.910. The van der Waals surface area contributed by atoms with Crippen LogP contribution in [0.5, 0.6) is 0 Å². The minimum atomic E-state index is -0.923. The van der Waals surface area contributed by atoms with E-state index >= 15 is 0 Å². The summed E-state index contributed by atoms with van der Waals surface area (Å²) in [7, 11) is 0. The van der Waals surface area contributed by atoms with Crippen molar-refractivity contribution < 1.29 is 20.1 Å². The lowest BCUT2D eigenvalue weighted by Crippen LogP contribution is -2.45. The molecule has 5 heteroatoms. The molecule has 0 fully saturated rings. The molecular formula is C42H83NO4. The summed E-state index contributed by atoms with van der Waals surface area (Å²) < 4.78 is 0. The van der Waals surface area contributed by atoms with E-state index in [4.69, 9.17) is 0 Å². The number of allylic oxidation sites excluding steroid dienone is 1. The number of amides is 1. The Morgan fingerprint density at radius 3 is 1.23 bits per heavy atom. The molecule has 5 nitrogen and oxygen atoms in total. The van der Waals surface area contributed by atoms with E-state index in [0.717, 1.165) is 25.7 Å². The highest BCUT2D eigenvalue weighted by atomic mass is 16.3. The third kappa shape index (κ3) is 34.7. The van der Waals surface area contributed by atoms with E-state index in [-0.39, 0.29) is 18.9 Å². The smallest absolute Gasteiger partial charge is 0.222 e. The average molecular weight is 666 g/mol. The first-order valence-corrected chi connectivity index (χ1v) is 21.0. The highest BCUT2D eigenvalue weighted by Crippen LogP contribution is 2.16. The van der Waals surface area contributed by atoms with Crippen LogP contribution in [0.1, 0.15) is 226 Å². The molecule has 0 aliphatic carbocycles. The molecule has 0 aromatic rings. The van der Waals surface area contributed by atoms with Crippen LogP contribution in [0.4, 0.5) is 0 Å². The quantitative estimate of drug-likeness (QED) is 0.0390. The molecule has 47 heavy (non-hydrogen) atoms. The second-order valence-corrected chi connectivity index (χ2v) is 14.6.